The predicted octanol–water partition coefficient (Wildman–Crippen LogP) is 10.8. The summed E-state index contributed by atoms with van der Waals surface area (Å²) in [5.74, 6) is -0.814. The second-order valence-corrected chi connectivity index (χ2v) is 17.6. The molecule has 0 saturated carbocycles. The van der Waals surface area contributed by atoms with Crippen molar-refractivity contribution in [1.82, 2.24) is 0 Å². The van der Waals surface area contributed by atoms with Crippen LogP contribution in [0.15, 0.2) is 12.2 Å². The first-order valence-corrected chi connectivity index (χ1v) is 23.0. The lowest BCUT2D eigenvalue weighted by atomic mass is 10.0. The molecule has 1 N–H and O–H groups in total. The first kappa shape index (κ1) is 49.7. The Morgan fingerprint density at radius 1 is 0.679 bits per heavy atom. The van der Waals surface area contributed by atoms with Crippen molar-refractivity contribution in [3.63, 3.8) is 0 Å². The van der Waals surface area contributed by atoms with Gasteiger partial charge in [-0.15, -0.1) is 0 Å². The Morgan fingerprint density at radius 3 is 1.79 bits per heavy atom. The van der Waals surface area contributed by atoms with Gasteiger partial charge in [0.15, 0.2) is 6.10 Å². The third-order valence-corrected chi connectivity index (χ3v) is 10.7. The van der Waals surface area contributed by atoms with Crippen LogP contribution < -0.4 is 0 Å². The van der Waals surface area contributed by atoms with Crippen LogP contribution >= 0.6 is 7.82 Å². The van der Waals surface area contributed by atoms with Gasteiger partial charge in [0.05, 0.1) is 40.0 Å². The molecule has 3 unspecified atom stereocenters. The Labute approximate surface area is 324 Å². The van der Waals surface area contributed by atoms with Crippen LogP contribution in [0.1, 0.15) is 181 Å². The summed E-state index contributed by atoms with van der Waals surface area (Å²) < 4.78 is 40.0. The molecule has 4 atom stereocenters. The summed E-state index contributed by atoms with van der Waals surface area (Å²) in [6.07, 6.45) is 32.8. The second kappa shape index (κ2) is 31.9. The highest BCUT2D eigenvalue weighted by Gasteiger charge is 2.36. The number of carbonyl (C=O) groups excluding carboxylic acids is 2. The number of phosphoric acid groups is 1. The largest absolute Gasteiger partial charge is 0.472 e. The van der Waals surface area contributed by atoms with Gasteiger partial charge in [0.2, 0.25) is 0 Å². The maximum absolute atomic E-state index is 12.7. The summed E-state index contributed by atoms with van der Waals surface area (Å²) in [6, 6.07) is 0. The average molecular weight is 775 g/mol. The number of epoxide rings is 1. The summed E-state index contributed by atoms with van der Waals surface area (Å²) in [5, 5.41) is 0. The standard InChI is InChI=1S/C42H80NO9P/c1-6-8-10-11-12-13-14-15-16-17-21-24-28-32-41(44)48-36-38(37-50-53(46,47)49-35-34-43(3,4)5)51-42(45)33-29-25-22-19-18-20-23-27-31-40-39(52-40)30-26-9-7-2/h23,27,38-40H,6-22,24-26,28-37H2,1-5H3/p+1/b27-23-/t38-,39?,40?/m1/s1. The number of nitrogens with zero attached hydrogens (tertiary/aromatic N) is 1. The number of quaternary nitrogens is 1. The van der Waals surface area contributed by atoms with E-state index in [1.165, 1.54) is 89.9 Å². The predicted molar refractivity (Wildman–Crippen MR) is 215 cm³/mol. The monoisotopic (exact) mass is 775 g/mol. The maximum atomic E-state index is 12.7. The molecule has 1 rings (SSSR count). The van der Waals surface area contributed by atoms with Crippen molar-refractivity contribution in [2.75, 3.05) is 47.5 Å². The Kier molecular flexibility index (Phi) is 29.9. The van der Waals surface area contributed by atoms with Gasteiger partial charge in [-0.05, 0) is 38.5 Å². The molecule has 1 saturated heterocycles. The summed E-state index contributed by atoms with van der Waals surface area (Å²) >= 11 is 0. The molecule has 1 aliphatic heterocycles. The zero-order valence-electron chi connectivity index (χ0n) is 34.7. The first-order valence-electron chi connectivity index (χ1n) is 21.5. The number of hydrogen-bond acceptors (Lipinski definition) is 8. The molecule has 0 spiro atoms. The minimum absolute atomic E-state index is 0.0289. The number of hydrogen-bond donors (Lipinski definition) is 1. The number of phosphoric ester groups is 1. The van der Waals surface area contributed by atoms with E-state index in [1.54, 1.807) is 0 Å². The smallest absolute Gasteiger partial charge is 0.462 e. The van der Waals surface area contributed by atoms with Crippen molar-refractivity contribution in [2.24, 2.45) is 0 Å². The molecule has 1 aliphatic rings. The topological polar surface area (TPSA) is 121 Å². The van der Waals surface area contributed by atoms with E-state index < -0.39 is 26.5 Å². The first-order chi connectivity index (χ1) is 25.5. The van der Waals surface area contributed by atoms with Gasteiger partial charge in [0, 0.05) is 12.8 Å². The van der Waals surface area contributed by atoms with Gasteiger partial charge < -0.3 is 23.6 Å². The molecule has 11 heteroatoms. The number of esters is 2. The molecule has 0 aliphatic carbocycles. The van der Waals surface area contributed by atoms with Crippen LogP contribution in [0.25, 0.3) is 0 Å². The molecule has 0 radical (unpaired) electrons. The lowest BCUT2D eigenvalue weighted by molar-refractivity contribution is -0.870. The molecule has 0 bridgehead atoms. The Hall–Kier alpha value is -1.29. The van der Waals surface area contributed by atoms with Gasteiger partial charge in [-0.25, -0.2) is 4.57 Å². The molecule has 0 aromatic carbocycles. The fraction of sp³-hybridized carbons (Fsp3) is 0.905. The van der Waals surface area contributed by atoms with Crippen molar-refractivity contribution in [2.45, 2.75) is 199 Å². The molecular weight excluding hydrogens is 693 g/mol. The number of rotatable bonds is 38. The molecule has 0 aromatic rings. The van der Waals surface area contributed by atoms with Gasteiger partial charge in [-0.3, -0.25) is 18.6 Å². The molecule has 0 aromatic heterocycles. The average Bonchev–Trinajstić information content (AvgIpc) is 3.86. The normalized spacial score (nSPS) is 17.5. The molecular formula is C42H81NO9P+. The van der Waals surface area contributed by atoms with Crippen molar-refractivity contribution in [3.8, 4) is 0 Å². The highest BCUT2D eigenvalue weighted by molar-refractivity contribution is 7.47. The SMILES string of the molecule is CCCCCCCCCCCCCCCC(=O)OC[C@H](COP(=O)(O)OCC[N+](C)(C)C)OC(=O)CCCCCCC/C=C\CC1OC1CCCCC. The van der Waals surface area contributed by atoms with Gasteiger partial charge in [0.25, 0.3) is 0 Å². The third kappa shape index (κ3) is 32.6. The van der Waals surface area contributed by atoms with Crippen LogP contribution in [0.2, 0.25) is 0 Å². The highest BCUT2D eigenvalue weighted by Crippen LogP contribution is 2.43. The Balaban J connectivity index is 2.28. The van der Waals surface area contributed by atoms with Crippen molar-refractivity contribution in [3.05, 3.63) is 12.2 Å². The fourth-order valence-electron chi connectivity index (χ4n) is 6.20. The number of allylic oxidation sites excluding steroid dienone is 1. The Bertz CT molecular complexity index is 986. The van der Waals surface area contributed by atoms with Crippen LogP contribution in [0.5, 0.6) is 0 Å². The molecule has 53 heavy (non-hydrogen) atoms. The van der Waals surface area contributed by atoms with Crippen molar-refractivity contribution in [1.29, 1.82) is 0 Å². The van der Waals surface area contributed by atoms with E-state index in [9.17, 15) is 19.0 Å². The third-order valence-electron chi connectivity index (χ3n) is 9.72. The van der Waals surface area contributed by atoms with E-state index in [4.69, 9.17) is 23.3 Å². The number of carbonyl (C=O) groups is 2. The highest BCUT2D eigenvalue weighted by atomic mass is 31.2. The number of unbranched alkanes of at least 4 members (excludes halogenated alkanes) is 19. The lowest BCUT2D eigenvalue weighted by Gasteiger charge is -2.24. The van der Waals surface area contributed by atoms with Crippen molar-refractivity contribution >= 4 is 19.8 Å². The van der Waals surface area contributed by atoms with Crippen LogP contribution in [-0.2, 0) is 37.4 Å². The summed E-state index contributed by atoms with van der Waals surface area (Å²) in [4.78, 5) is 35.3. The van der Waals surface area contributed by atoms with E-state index in [0.29, 0.717) is 29.7 Å². The summed E-state index contributed by atoms with van der Waals surface area (Å²) in [5.41, 5.74) is 0. The van der Waals surface area contributed by atoms with Crippen LogP contribution in [-0.4, -0.2) is 87.1 Å². The van der Waals surface area contributed by atoms with Crippen molar-refractivity contribution < 1.29 is 46.8 Å². The van der Waals surface area contributed by atoms with E-state index >= 15 is 0 Å². The van der Waals surface area contributed by atoms with Gasteiger partial charge in [0.1, 0.15) is 19.8 Å². The molecule has 1 heterocycles. The molecule has 0 amide bonds. The van der Waals surface area contributed by atoms with E-state index in [2.05, 4.69) is 26.0 Å². The molecule has 312 valence electrons. The number of likely N-dealkylation sites (N-methyl/N-ethyl adjacent to an activating group) is 1. The summed E-state index contributed by atoms with van der Waals surface area (Å²) in [7, 11) is 1.47. The van der Waals surface area contributed by atoms with E-state index in [1.807, 2.05) is 21.1 Å². The quantitative estimate of drug-likeness (QED) is 0.0163. The minimum atomic E-state index is -4.37. The number of ether oxygens (including phenoxy) is 3. The van der Waals surface area contributed by atoms with Crippen LogP contribution in [0.3, 0.4) is 0 Å². The fourth-order valence-corrected chi connectivity index (χ4v) is 6.94. The zero-order valence-corrected chi connectivity index (χ0v) is 35.6. The van der Waals surface area contributed by atoms with E-state index in [-0.39, 0.29) is 32.0 Å². The maximum Gasteiger partial charge on any atom is 0.472 e. The van der Waals surface area contributed by atoms with Crippen LogP contribution in [0.4, 0.5) is 0 Å². The molecule has 10 nitrogen and oxygen atoms in total. The van der Waals surface area contributed by atoms with Gasteiger partial charge in [-0.1, -0.05) is 142 Å². The van der Waals surface area contributed by atoms with Crippen LogP contribution in [0, 0.1) is 0 Å². The zero-order chi connectivity index (χ0) is 39.0. The second-order valence-electron chi connectivity index (χ2n) is 16.1. The Morgan fingerprint density at radius 2 is 1.21 bits per heavy atom. The van der Waals surface area contributed by atoms with E-state index in [0.717, 1.165) is 57.8 Å². The van der Waals surface area contributed by atoms with Gasteiger partial charge >= 0.3 is 19.8 Å². The summed E-state index contributed by atoms with van der Waals surface area (Å²) in [6.45, 7) is 4.37. The van der Waals surface area contributed by atoms with Gasteiger partial charge in [-0.2, -0.15) is 0 Å². The minimum Gasteiger partial charge on any atom is -0.462 e. The molecule has 1 fully saturated rings. The lowest BCUT2D eigenvalue weighted by Crippen LogP contribution is -2.37.